The molecule has 27 heavy (non-hydrogen) atoms. The number of fused-ring (bicyclic) bond motifs is 1. The van der Waals surface area contributed by atoms with E-state index in [1.807, 2.05) is 12.3 Å². The van der Waals surface area contributed by atoms with Crippen LogP contribution in [0.2, 0.25) is 0 Å². The Balaban J connectivity index is 1.34. The summed E-state index contributed by atoms with van der Waals surface area (Å²) < 4.78 is 0. The van der Waals surface area contributed by atoms with E-state index in [1.165, 1.54) is 49.7 Å². The van der Waals surface area contributed by atoms with Crippen LogP contribution >= 0.6 is 0 Å². The average Bonchev–Trinajstić information content (AvgIpc) is 3.40. The van der Waals surface area contributed by atoms with Gasteiger partial charge in [0.05, 0.1) is 5.69 Å². The minimum Gasteiger partial charge on any atom is -0.340 e. The molecule has 1 atom stereocenters. The number of likely N-dealkylation sites (tertiary alicyclic amines) is 1. The van der Waals surface area contributed by atoms with Gasteiger partial charge in [0.25, 0.3) is 0 Å². The summed E-state index contributed by atoms with van der Waals surface area (Å²) in [5, 5.41) is 2.52. The number of hydrogen-bond donors (Lipinski definition) is 0. The molecule has 4 heteroatoms. The van der Waals surface area contributed by atoms with Gasteiger partial charge in [-0.1, -0.05) is 36.4 Å². The Morgan fingerprint density at radius 3 is 2.67 bits per heavy atom. The lowest BCUT2D eigenvalue weighted by Gasteiger charge is -2.20. The largest absolute Gasteiger partial charge is 0.340 e. The zero-order valence-corrected chi connectivity index (χ0v) is 15.7. The van der Waals surface area contributed by atoms with E-state index in [0.717, 1.165) is 36.2 Å². The van der Waals surface area contributed by atoms with E-state index in [4.69, 9.17) is 4.98 Å². The average molecular weight is 358 g/mol. The highest BCUT2D eigenvalue weighted by Crippen LogP contribution is 2.27. The van der Waals surface area contributed by atoms with Crippen molar-refractivity contribution in [1.29, 1.82) is 0 Å². The molecule has 2 aliphatic rings. The Morgan fingerprint density at radius 2 is 1.78 bits per heavy atom. The van der Waals surface area contributed by atoms with Crippen LogP contribution in [0, 0.1) is 5.92 Å². The van der Waals surface area contributed by atoms with Gasteiger partial charge in [0.15, 0.2) is 0 Å². The van der Waals surface area contributed by atoms with E-state index in [9.17, 15) is 0 Å². The first-order valence-electron chi connectivity index (χ1n) is 10.1. The lowest BCUT2D eigenvalue weighted by molar-refractivity contribution is 0.289. The number of nitrogens with zero attached hydrogens (tertiary/aromatic N) is 4. The highest BCUT2D eigenvalue weighted by atomic mass is 15.3. The molecule has 138 valence electrons. The molecule has 5 rings (SSSR count). The van der Waals surface area contributed by atoms with Gasteiger partial charge in [0.2, 0.25) is 5.95 Å². The van der Waals surface area contributed by atoms with Gasteiger partial charge in [-0.05, 0) is 61.2 Å². The van der Waals surface area contributed by atoms with Gasteiger partial charge >= 0.3 is 0 Å². The van der Waals surface area contributed by atoms with Crippen molar-refractivity contribution in [3.63, 3.8) is 0 Å². The van der Waals surface area contributed by atoms with Gasteiger partial charge in [0.1, 0.15) is 0 Å². The molecule has 0 radical (unpaired) electrons. The normalized spacial score (nSPS) is 20.6. The van der Waals surface area contributed by atoms with Crippen LogP contribution in [-0.2, 0) is 0 Å². The second-order valence-electron chi connectivity index (χ2n) is 7.91. The molecule has 1 aromatic heterocycles. The first-order chi connectivity index (χ1) is 13.3. The summed E-state index contributed by atoms with van der Waals surface area (Å²) in [5.41, 5.74) is 2.17. The van der Waals surface area contributed by atoms with Crippen molar-refractivity contribution in [2.45, 2.75) is 19.3 Å². The molecule has 0 aliphatic carbocycles. The summed E-state index contributed by atoms with van der Waals surface area (Å²) in [7, 11) is 0. The summed E-state index contributed by atoms with van der Waals surface area (Å²) in [6, 6.07) is 17.1. The Hall–Kier alpha value is -2.46. The zero-order valence-electron chi connectivity index (χ0n) is 15.7. The molecule has 0 saturated carbocycles. The van der Waals surface area contributed by atoms with Crippen molar-refractivity contribution in [2.24, 2.45) is 5.92 Å². The third-order valence-electron chi connectivity index (χ3n) is 5.97. The molecule has 2 aliphatic heterocycles. The summed E-state index contributed by atoms with van der Waals surface area (Å²) in [5.74, 6) is 1.63. The van der Waals surface area contributed by atoms with E-state index in [0.29, 0.717) is 0 Å². The van der Waals surface area contributed by atoms with Crippen LogP contribution in [0.5, 0.6) is 0 Å². The summed E-state index contributed by atoms with van der Waals surface area (Å²) in [4.78, 5) is 14.5. The minimum atomic E-state index is 0.746. The monoisotopic (exact) mass is 358 g/mol. The predicted molar refractivity (Wildman–Crippen MR) is 111 cm³/mol. The lowest BCUT2D eigenvalue weighted by Crippen LogP contribution is -2.29. The predicted octanol–water partition coefficient (Wildman–Crippen LogP) is 4.22. The molecule has 2 saturated heterocycles. The van der Waals surface area contributed by atoms with Gasteiger partial charge in [0, 0.05) is 31.4 Å². The zero-order chi connectivity index (χ0) is 18.1. The Kier molecular flexibility index (Phi) is 4.50. The summed E-state index contributed by atoms with van der Waals surface area (Å²) in [6.07, 6.45) is 5.89. The maximum absolute atomic E-state index is 4.90. The first kappa shape index (κ1) is 16.7. The van der Waals surface area contributed by atoms with Gasteiger partial charge in [-0.2, -0.15) is 0 Å². The maximum atomic E-state index is 4.90. The molecule has 2 fully saturated rings. The second-order valence-corrected chi connectivity index (χ2v) is 7.91. The van der Waals surface area contributed by atoms with E-state index in [2.05, 4.69) is 57.2 Å². The van der Waals surface area contributed by atoms with E-state index in [1.54, 1.807) is 0 Å². The topological polar surface area (TPSA) is 32.3 Å². The molecular formula is C23H26N4. The smallest absolute Gasteiger partial charge is 0.225 e. The fourth-order valence-corrected chi connectivity index (χ4v) is 4.50. The van der Waals surface area contributed by atoms with E-state index >= 15 is 0 Å². The van der Waals surface area contributed by atoms with E-state index in [-0.39, 0.29) is 0 Å². The van der Waals surface area contributed by atoms with Crippen LogP contribution in [0.25, 0.3) is 22.0 Å². The maximum Gasteiger partial charge on any atom is 0.225 e. The van der Waals surface area contributed by atoms with Crippen LogP contribution in [0.1, 0.15) is 19.3 Å². The highest BCUT2D eigenvalue weighted by molar-refractivity contribution is 5.86. The number of rotatable bonds is 4. The molecule has 3 aromatic rings. The third-order valence-corrected chi connectivity index (χ3v) is 5.97. The highest BCUT2D eigenvalue weighted by Gasteiger charge is 2.27. The molecule has 4 nitrogen and oxygen atoms in total. The number of aromatic nitrogens is 2. The Bertz CT molecular complexity index is 932. The summed E-state index contributed by atoms with van der Waals surface area (Å²) in [6.45, 7) is 5.95. The Labute approximate surface area is 160 Å². The number of benzene rings is 2. The molecule has 0 amide bonds. The summed E-state index contributed by atoms with van der Waals surface area (Å²) >= 11 is 0. The SMILES string of the molecule is c1ccc2cc(-c3ccnc(N4CC[C@@H](CN5CCCC5)C4)n3)ccc2c1. The van der Waals surface area contributed by atoms with Gasteiger partial charge in [-0.15, -0.1) is 0 Å². The third kappa shape index (κ3) is 3.54. The standard InChI is InChI=1S/C23H26N4/c1-2-6-20-15-21(8-7-19(20)5-1)22-9-11-24-23(25-22)27-14-10-18(17-27)16-26-12-3-4-13-26/h1-2,5-9,11,15,18H,3-4,10,12-14,16-17H2/t18-/m0/s1. The van der Waals surface area contributed by atoms with Crippen LogP contribution in [-0.4, -0.2) is 47.6 Å². The number of anilines is 1. The quantitative estimate of drug-likeness (QED) is 0.699. The molecule has 2 aromatic carbocycles. The van der Waals surface area contributed by atoms with Crippen molar-refractivity contribution in [3.8, 4) is 11.3 Å². The molecule has 0 unspecified atom stereocenters. The van der Waals surface area contributed by atoms with E-state index < -0.39 is 0 Å². The van der Waals surface area contributed by atoms with Crippen molar-refractivity contribution in [2.75, 3.05) is 37.6 Å². The number of hydrogen-bond acceptors (Lipinski definition) is 4. The van der Waals surface area contributed by atoms with Gasteiger partial charge in [-0.25, -0.2) is 9.97 Å². The van der Waals surface area contributed by atoms with Gasteiger partial charge in [-0.3, -0.25) is 0 Å². The molecule has 0 N–H and O–H groups in total. The molecular weight excluding hydrogens is 332 g/mol. The molecule has 3 heterocycles. The fourth-order valence-electron chi connectivity index (χ4n) is 4.50. The molecule has 0 spiro atoms. The van der Waals surface area contributed by atoms with Crippen LogP contribution in [0.15, 0.2) is 54.7 Å². The van der Waals surface area contributed by atoms with Crippen LogP contribution in [0.3, 0.4) is 0 Å². The van der Waals surface area contributed by atoms with Crippen molar-refractivity contribution in [3.05, 3.63) is 54.7 Å². The second kappa shape index (κ2) is 7.28. The minimum absolute atomic E-state index is 0.746. The van der Waals surface area contributed by atoms with Crippen molar-refractivity contribution in [1.82, 2.24) is 14.9 Å². The first-order valence-corrected chi connectivity index (χ1v) is 10.1. The van der Waals surface area contributed by atoms with Crippen LogP contribution in [0.4, 0.5) is 5.95 Å². The fraction of sp³-hybridized carbons (Fsp3) is 0.391. The van der Waals surface area contributed by atoms with Crippen LogP contribution < -0.4 is 4.90 Å². The Morgan fingerprint density at radius 1 is 0.926 bits per heavy atom. The van der Waals surface area contributed by atoms with Gasteiger partial charge < -0.3 is 9.80 Å². The van der Waals surface area contributed by atoms with Crippen molar-refractivity contribution < 1.29 is 0 Å². The molecule has 0 bridgehead atoms. The van der Waals surface area contributed by atoms with Crippen molar-refractivity contribution >= 4 is 16.7 Å². The lowest BCUT2D eigenvalue weighted by atomic mass is 10.1.